The molecule has 0 heterocycles. The van der Waals surface area contributed by atoms with Crippen LogP contribution >= 0.6 is 0 Å². The van der Waals surface area contributed by atoms with E-state index in [0.717, 1.165) is 35.1 Å². The van der Waals surface area contributed by atoms with Crippen LogP contribution in [0.4, 0.5) is 13.2 Å². The number of aryl methyl sites for hydroxylation is 3. The summed E-state index contributed by atoms with van der Waals surface area (Å²) < 4.78 is 43.0. The smallest absolute Gasteiger partial charge is 0.144 e. The van der Waals surface area contributed by atoms with Gasteiger partial charge < -0.3 is 0 Å². The summed E-state index contributed by atoms with van der Waals surface area (Å²) in [6, 6.07) is 21.7. The van der Waals surface area contributed by atoms with Crippen molar-refractivity contribution in [2.75, 3.05) is 0 Å². The van der Waals surface area contributed by atoms with Crippen molar-refractivity contribution in [1.82, 2.24) is 0 Å². The van der Waals surface area contributed by atoms with Crippen LogP contribution < -0.4 is 0 Å². The SMILES string of the molecule is CCCCCCc1ccc(-c2ccc3c(F)c(CCc4cc(F)c(C#N)c(F)c4)ccc3c2)cc1. The predicted molar refractivity (Wildman–Crippen MR) is 136 cm³/mol. The average molecular weight is 472 g/mol. The molecule has 0 aliphatic heterocycles. The highest BCUT2D eigenvalue weighted by molar-refractivity contribution is 5.88. The molecule has 0 amide bonds. The van der Waals surface area contributed by atoms with Crippen molar-refractivity contribution in [2.45, 2.75) is 51.9 Å². The largest absolute Gasteiger partial charge is 0.206 e. The van der Waals surface area contributed by atoms with Gasteiger partial charge in [-0.1, -0.05) is 74.7 Å². The lowest BCUT2D eigenvalue weighted by Gasteiger charge is -2.10. The molecule has 35 heavy (non-hydrogen) atoms. The Bertz CT molecular complexity index is 1340. The lowest BCUT2D eigenvalue weighted by molar-refractivity contribution is 0.572. The molecule has 178 valence electrons. The summed E-state index contributed by atoms with van der Waals surface area (Å²) >= 11 is 0. The highest BCUT2D eigenvalue weighted by atomic mass is 19.1. The second-order valence-corrected chi connectivity index (χ2v) is 9.03. The number of rotatable bonds is 9. The molecular weight excluding hydrogens is 443 g/mol. The van der Waals surface area contributed by atoms with Gasteiger partial charge in [0.15, 0.2) is 0 Å². The lowest BCUT2D eigenvalue weighted by atomic mass is 9.96. The maximum Gasteiger partial charge on any atom is 0.144 e. The molecule has 0 unspecified atom stereocenters. The van der Waals surface area contributed by atoms with Gasteiger partial charge in [0.2, 0.25) is 0 Å². The fraction of sp³-hybridized carbons (Fsp3) is 0.258. The number of halogens is 3. The molecule has 4 rings (SSSR count). The Hall–Kier alpha value is -3.58. The standard InChI is InChI=1S/C31H28F3N/c1-2-3-4-5-6-21-7-10-23(11-8-21)25-15-16-27-26(19-25)14-13-24(31(27)34)12-9-22-17-29(32)28(20-35)30(33)18-22/h7-8,10-11,13-19H,2-6,9,12H2,1H3. The van der Waals surface area contributed by atoms with Crippen molar-refractivity contribution in [1.29, 1.82) is 5.26 Å². The molecule has 0 radical (unpaired) electrons. The van der Waals surface area contributed by atoms with E-state index in [9.17, 15) is 8.78 Å². The summed E-state index contributed by atoms with van der Waals surface area (Å²) in [5, 5.41) is 10.1. The van der Waals surface area contributed by atoms with Crippen LogP contribution in [-0.2, 0) is 19.3 Å². The van der Waals surface area contributed by atoms with Crippen LogP contribution in [0, 0.1) is 28.8 Å². The van der Waals surface area contributed by atoms with Crippen LogP contribution in [0.25, 0.3) is 21.9 Å². The lowest BCUT2D eigenvalue weighted by Crippen LogP contribution is -1.99. The van der Waals surface area contributed by atoms with Gasteiger partial charge in [0.1, 0.15) is 29.1 Å². The van der Waals surface area contributed by atoms with Gasteiger partial charge in [0.25, 0.3) is 0 Å². The second kappa shape index (κ2) is 11.2. The fourth-order valence-electron chi connectivity index (χ4n) is 4.49. The summed E-state index contributed by atoms with van der Waals surface area (Å²) in [7, 11) is 0. The molecule has 4 aromatic carbocycles. The molecule has 0 bridgehead atoms. The van der Waals surface area contributed by atoms with E-state index in [-0.39, 0.29) is 12.2 Å². The maximum atomic E-state index is 15.2. The van der Waals surface area contributed by atoms with E-state index in [4.69, 9.17) is 5.26 Å². The minimum absolute atomic E-state index is 0.269. The summed E-state index contributed by atoms with van der Waals surface area (Å²) in [5.41, 5.74) is 3.75. The molecule has 0 spiro atoms. The number of unbranched alkanes of at least 4 members (excludes halogenated alkanes) is 3. The van der Waals surface area contributed by atoms with Gasteiger partial charge in [-0.2, -0.15) is 5.26 Å². The van der Waals surface area contributed by atoms with Crippen LogP contribution in [0.1, 0.15) is 54.9 Å². The van der Waals surface area contributed by atoms with E-state index in [1.165, 1.54) is 37.3 Å². The Kier molecular flexibility index (Phi) is 7.87. The molecule has 4 aromatic rings. The molecule has 0 N–H and O–H groups in total. The highest BCUT2D eigenvalue weighted by Gasteiger charge is 2.13. The van der Waals surface area contributed by atoms with Crippen LogP contribution in [0.3, 0.4) is 0 Å². The van der Waals surface area contributed by atoms with Crippen molar-refractivity contribution in [3.05, 3.63) is 106 Å². The summed E-state index contributed by atoms with van der Waals surface area (Å²) in [5.74, 6) is -2.09. The first-order valence-electron chi connectivity index (χ1n) is 12.2. The third-order valence-electron chi connectivity index (χ3n) is 6.54. The van der Waals surface area contributed by atoms with Gasteiger partial charge in [-0.25, -0.2) is 13.2 Å². The summed E-state index contributed by atoms with van der Waals surface area (Å²) in [6.45, 7) is 2.22. The molecule has 0 atom stereocenters. The first-order chi connectivity index (χ1) is 17.0. The predicted octanol–water partition coefficient (Wildman–Crippen LogP) is 8.70. The summed E-state index contributed by atoms with van der Waals surface area (Å²) in [4.78, 5) is 0. The van der Waals surface area contributed by atoms with E-state index < -0.39 is 17.2 Å². The zero-order valence-corrected chi connectivity index (χ0v) is 19.9. The van der Waals surface area contributed by atoms with E-state index in [2.05, 4.69) is 31.2 Å². The van der Waals surface area contributed by atoms with Crippen LogP contribution in [0.5, 0.6) is 0 Å². The zero-order valence-electron chi connectivity index (χ0n) is 19.9. The van der Waals surface area contributed by atoms with Crippen molar-refractivity contribution in [3.63, 3.8) is 0 Å². The molecule has 4 heteroatoms. The van der Waals surface area contributed by atoms with Crippen LogP contribution in [0.15, 0.2) is 66.7 Å². The number of fused-ring (bicyclic) bond motifs is 1. The number of hydrogen-bond acceptors (Lipinski definition) is 1. The van der Waals surface area contributed by atoms with Gasteiger partial charge in [0.05, 0.1) is 0 Å². The number of nitriles is 1. The molecular formula is C31H28F3N. The third kappa shape index (κ3) is 5.74. The van der Waals surface area contributed by atoms with Gasteiger partial charge in [-0.15, -0.1) is 0 Å². The van der Waals surface area contributed by atoms with E-state index in [1.54, 1.807) is 12.1 Å². The molecule has 0 saturated carbocycles. The Morgan fingerprint density at radius 2 is 1.40 bits per heavy atom. The van der Waals surface area contributed by atoms with Gasteiger partial charge in [-0.05, 0) is 77.1 Å². The topological polar surface area (TPSA) is 23.8 Å². The molecule has 0 aromatic heterocycles. The molecule has 0 fully saturated rings. The van der Waals surface area contributed by atoms with Crippen molar-refractivity contribution < 1.29 is 13.2 Å². The minimum Gasteiger partial charge on any atom is -0.206 e. The van der Waals surface area contributed by atoms with Crippen LogP contribution in [0.2, 0.25) is 0 Å². The first-order valence-corrected chi connectivity index (χ1v) is 12.2. The number of nitrogens with zero attached hydrogens (tertiary/aromatic N) is 1. The molecule has 1 nitrogen and oxygen atoms in total. The average Bonchev–Trinajstić information content (AvgIpc) is 2.86. The Balaban J connectivity index is 1.48. The molecule has 0 aliphatic carbocycles. The molecule has 0 aliphatic rings. The highest BCUT2D eigenvalue weighted by Crippen LogP contribution is 2.29. The Morgan fingerprint density at radius 3 is 2.09 bits per heavy atom. The van der Waals surface area contributed by atoms with Crippen molar-refractivity contribution in [3.8, 4) is 17.2 Å². The van der Waals surface area contributed by atoms with Gasteiger partial charge in [0, 0.05) is 5.39 Å². The monoisotopic (exact) mass is 471 g/mol. The maximum absolute atomic E-state index is 15.2. The quantitative estimate of drug-likeness (QED) is 0.224. The normalized spacial score (nSPS) is 11.1. The van der Waals surface area contributed by atoms with E-state index >= 15 is 4.39 Å². The number of hydrogen-bond donors (Lipinski definition) is 0. The third-order valence-corrected chi connectivity index (χ3v) is 6.54. The van der Waals surface area contributed by atoms with E-state index in [1.807, 2.05) is 18.2 Å². The Morgan fingerprint density at radius 1 is 0.686 bits per heavy atom. The van der Waals surface area contributed by atoms with Crippen LogP contribution in [-0.4, -0.2) is 0 Å². The second-order valence-electron chi connectivity index (χ2n) is 9.03. The van der Waals surface area contributed by atoms with Crippen molar-refractivity contribution >= 4 is 10.8 Å². The van der Waals surface area contributed by atoms with Crippen molar-refractivity contribution in [2.24, 2.45) is 0 Å². The molecule has 0 saturated heterocycles. The first kappa shape index (κ1) is 24.5. The zero-order chi connectivity index (χ0) is 24.8. The number of benzene rings is 4. The Labute approximate surface area is 204 Å². The van der Waals surface area contributed by atoms with E-state index in [0.29, 0.717) is 22.9 Å². The fourth-order valence-corrected chi connectivity index (χ4v) is 4.49. The summed E-state index contributed by atoms with van der Waals surface area (Å²) in [6.07, 6.45) is 6.64. The van der Waals surface area contributed by atoms with Gasteiger partial charge >= 0.3 is 0 Å². The minimum atomic E-state index is -0.890. The van der Waals surface area contributed by atoms with Gasteiger partial charge in [-0.3, -0.25) is 0 Å².